The van der Waals surface area contributed by atoms with E-state index in [9.17, 15) is 9.59 Å². The van der Waals surface area contributed by atoms with E-state index in [2.05, 4.69) is 0 Å². The lowest BCUT2D eigenvalue weighted by molar-refractivity contribution is -0.140. The van der Waals surface area contributed by atoms with E-state index in [0.29, 0.717) is 5.56 Å². The topological polar surface area (TPSA) is 43.4 Å². The molecule has 0 spiro atoms. The second-order valence-electron chi connectivity index (χ2n) is 4.96. The fourth-order valence-electron chi connectivity index (χ4n) is 3.01. The molecular weight excluding hydrogens is 272 g/mol. The summed E-state index contributed by atoms with van der Waals surface area (Å²) in [6.45, 7) is 3.84. The van der Waals surface area contributed by atoms with Crippen LogP contribution in [0.2, 0.25) is 0 Å². The largest absolute Gasteiger partial charge is 0.467 e. The molecule has 0 bridgehead atoms. The van der Waals surface area contributed by atoms with Crippen molar-refractivity contribution in [2.75, 3.05) is 7.11 Å². The molecule has 1 aromatic carbocycles. The monoisotopic (exact) mass is 286 g/mol. The highest BCUT2D eigenvalue weighted by Gasteiger charge is 2.58. The predicted octanol–water partition coefficient (Wildman–Crippen LogP) is 3.22. The summed E-state index contributed by atoms with van der Waals surface area (Å²) in [6, 6.07) is 7.37. The molecule has 0 saturated heterocycles. The molecule has 1 heterocycles. The number of thioether (sulfide) groups is 1. The zero-order chi connectivity index (χ0) is 14.5. The van der Waals surface area contributed by atoms with Crippen LogP contribution in [-0.4, -0.2) is 23.6 Å². The van der Waals surface area contributed by atoms with Crippen LogP contribution in [0.3, 0.4) is 0 Å². The molecule has 1 aromatic rings. The Kier molecular flexibility index (Phi) is 2.87. The quantitative estimate of drug-likeness (QED) is 0.587. The van der Waals surface area contributed by atoms with Gasteiger partial charge < -0.3 is 4.74 Å². The van der Waals surface area contributed by atoms with E-state index in [-0.39, 0.29) is 5.78 Å². The summed E-state index contributed by atoms with van der Waals surface area (Å²) >= 11 is 1.28. The van der Waals surface area contributed by atoms with Gasteiger partial charge in [0.15, 0.2) is 5.78 Å². The van der Waals surface area contributed by atoms with Crippen molar-refractivity contribution in [2.45, 2.75) is 18.6 Å². The first kappa shape index (κ1) is 13.2. The molecule has 3 nitrogen and oxygen atoms in total. The maximum absolute atomic E-state index is 12.9. The Balaban J connectivity index is 2.37. The zero-order valence-electron chi connectivity index (χ0n) is 11.5. The van der Waals surface area contributed by atoms with Crippen molar-refractivity contribution in [3.8, 4) is 0 Å². The van der Waals surface area contributed by atoms with Crippen molar-refractivity contribution in [1.29, 1.82) is 0 Å². The van der Waals surface area contributed by atoms with Gasteiger partial charge in [0.05, 0.1) is 7.11 Å². The van der Waals surface area contributed by atoms with Crippen LogP contribution in [0.25, 0.3) is 5.57 Å². The Hall–Kier alpha value is -1.81. The molecule has 102 valence electrons. The van der Waals surface area contributed by atoms with Crippen LogP contribution < -0.4 is 0 Å². The van der Waals surface area contributed by atoms with Gasteiger partial charge in [-0.1, -0.05) is 36.0 Å². The van der Waals surface area contributed by atoms with Gasteiger partial charge in [-0.2, -0.15) is 0 Å². The molecule has 0 saturated carbocycles. The van der Waals surface area contributed by atoms with E-state index < -0.39 is 10.7 Å². The van der Waals surface area contributed by atoms with E-state index >= 15 is 0 Å². The Bertz CT molecular complexity index is 699. The van der Waals surface area contributed by atoms with Crippen molar-refractivity contribution in [2.24, 2.45) is 0 Å². The van der Waals surface area contributed by atoms with Gasteiger partial charge in [0.2, 0.25) is 4.75 Å². The molecule has 1 unspecified atom stereocenters. The minimum atomic E-state index is -1.26. The number of fused-ring (bicyclic) bond motifs is 3. The van der Waals surface area contributed by atoms with Crippen LogP contribution in [-0.2, 0) is 9.53 Å². The van der Waals surface area contributed by atoms with E-state index in [1.165, 1.54) is 18.9 Å². The van der Waals surface area contributed by atoms with Crippen molar-refractivity contribution in [3.63, 3.8) is 0 Å². The Labute approximate surface area is 121 Å². The maximum Gasteiger partial charge on any atom is 0.335 e. The average Bonchev–Trinajstić information content (AvgIpc) is 2.69. The molecule has 2 aliphatic rings. The second-order valence-corrected chi connectivity index (χ2v) is 6.42. The summed E-state index contributed by atoms with van der Waals surface area (Å²) in [7, 11) is 1.33. The number of methoxy groups -OCH3 is 1. The summed E-state index contributed by atoms with van der Waals surface area (Å²) in [5.74, 6) is -0.669. The first-order valence-corrected chi connectivity index (χ1v) is 7.15. The summed E-state index contributed by atoms with van der Waals surface area (Å²) in [6.07, 6.45) is 2.01. The Morgan fingerprint density at radius 2 is 1.85 bits per heavy atom. The second kappa shape index (κ2) is 4.35. The predicted molar refractivity (Wildman–Crippen MR) is 79.5 cm³/mol. The minimum absolute atomic E-state index is 0.174. The molecule has 0 fully saturated rings. The molecule has 20 heavy (non-hydrogen) atoms. The fourth-order valence-corrected chi connectivity index (χ4v) is 4.47. The van der Waals surface area contributed by atoms with Crippen LogP contribution in [0.15, 0.2) is 40.8 Å². The molecule has 1 aliphatic carbocycles. The fraction of sp³-hybridized carbons (Fsp3) is 0.250. The van der Waals surface area contributed by atoms with Crippen LogP contribution in [0, 0.1) is 0 Å². The number of Topliss-reactive ketones (excluding diaryl/α,β-unsaturated/α-hetero) is 1. The number of carbonyl (C=O) groups is 2. The lowest BCUT2D eigenvalue weighted by Gasteiger charge is -2.30. The number of hydrogen-bond donors (Lipinski definition) is 0. The van der Waals surface area contributed by atoms with Crippen molar-refractivity contribution in [1.82, 2.24) is 0 Å². The highest BCUT2D eigenvalue weighted by molar-refractivity contribution is 8.06. The number of ketones is 1. The number of carbonyl (C=O) groups excluding carboxylic acids is 2. The smallest absolute Gasteiger partial charge is 0.335 e. The van der Waals surface area contributed by atoms with Crippen molar-refractivity contribution >= 4 is 29.1 Å². The molecule has 3 rings (SSSR count). The van der Waals surface area contributed by atoms with Crippen LogP contribution in [0.1, 0.15) is 29.8 Å². The minimum Gasteiger partial charge on any atom is -0.467 e. The highest BCUT2D eigenvalue weighted by Crippen LogP contribution is 2.55. The van der Waals surface area contributed by atoms with Gasteiger partial charge in [0, 0.05) is 5.56 Å². The average molecular weight is 286 g/mol. The number of esters is 1. The summed E-state index contributed by atoms with van der Waals surface area (Å²) in [5, 5.41) is 0. The van der Waals surface area contributed by atoms with E-state index in [0.717, 1.165) is 21.6 Å². The molecule has 1 aliphatic heterocycles. The standard InChI is InChI=1S/C16H14O3S/c1-9-8-10(2)20-16(15(18)19-3)13(9)11-6-4-5-7-12(11)14(16)17/h4-8H,1-3H3. The zero-order valence-corrected chi connectivity index (χ0v) is 12.3. The normalized spacial score (nSPS) is 24.1. The number of hydrogen-bond acceptors (Lipinski definition) is 4. The molecular formula is C16H14O3S. The molecule has 4 heteroatoms. The maximum atomic E-state index is 12.9. The number of benzene rings is 1. The molecule has 0 radical (unpaired) electrons. The number of rotatable bonds is 1. The first-order chi connectivity index (χ1) is 9.52. The van der Waals surface area contributed by atoms with Crippen LogP contribution in [0.4, 0.5) is 0 Å². The van der Waals surface area contributed by atoms with Crippen LogP contribution >= 0.6 is 11.8 Å². The highest BCUT2D eigenvalue weighted by atomic mass is 32.2. The number of allylic oxidation sites excluding steroid dienone is 3. The van der Waals surface area contributed by atoms with E-state index in [1.54, 1.807) is 6.07 Å². The molecule has 0 N–H and O–H groups in total. The number of ether oxygens (including phenoxy) is 1. The van der Waals surface area contributed by atoms with Crippen LogP contribution in [0.5, 0.6) is 0 Å². The summed E-state index contributed by atoms with van der Waals surface area (Å²) in [4.78, 5) is 26.2. The van der Waals surface area contributed by atoms with Gasteiger partial charge in [-0.3, -0.25) is 4.79 Å². The Morgan fingerprint density at radius 1 is 1.20 bits per heavy atom. The third-order valence-electron chi connectivity index (χ3n) is 3.71. The summed E-state index contributed by atoms with van der Waals surface area (Å²) in [5.41, 5.74) is 3.17. The Morgan fingerprint density at radius 3 is 2.50 bits per heavy atom. The van der Waals surface area contributed by atoms with Gasteiger partial charge in [-0.05, 0) is 41.5 Å². The first-order valence-electron chi connectivity index (χ1n) is 6.33. The molecule has 0 aromatic heterocycles. The summed E-state index contributed by atoms with van der Waals surface area (Å²) < 4.78 is 3.69. The van der Waals surface area contributed by atoms with Gasteiger partial charge >= 0.3 is 5.97 Å². The van der Waals surface area contributed by atoms with Gasteiger partial charge in [0.1, 0.15) is 0 Å². The van der Waals surface area contributed by atoms with E-state index in [4.69, 9.17) is 4.74 Å². The molecule has 0 amide bonds. The van der Waals surface area contributed by atoms with Gasteiger partial charge in [-0.25, -0.2) is 4.79 Å². The SMILES string of the molecule is COC(=O)C12SC(C)=CC(C)=C1c1ccccc1C2=O. The lowest BCUT2D eigenvalue weighted by Crippen LogP contribution is -2.42. The van der Waals surface area contributed by atoms with E-state index in [1.807, 2.05) is 38.1 Å². The lowest BCUT2D eigenvalue weighted by atomic mass is 9.92. The third-order valence-corrected chi connectivity index (χ3v) is 5.02. The van der Waals surface area contributed by atoms with Gasteiger partial charge in [0.25, 0.3) is 0 Å². The third kappa shape index (κ3) is 1.48. The van der Waals surface area contributed by atoms with Crippen molar-refractivity contribution in [3.05, 3.63) is 51.9 Å². The van der Waals surface area contributed by atoms with Gasteiger partial charge in [-0.15, -0.1) is 0 Å². The van der Waals surface area contributed by atoms with Crippen molar-refractivity contribution < 1.29 is 14.3 Å². The molecule has 1 atom stereocenters.